The first-order chi connectivity index (χ1) is 10.6. The number of rotatable bonds is 1. The monoisotopic (exact) mass is 312 g/mol. The predicted octanol–water partition coefficient (Wildman–Crippen LogP) is 4.05. The molecule has 6 heteroatoms. The number of aromatic nitrogens is 4. The zero-order chi connectivity index (χ0) is 15.3. The molecule has 0 saturated heterocycles. The molecule has 4 aromatic rings. The van der Waals surface area contributed by atoms with E-state index in [4.69, 9.17) is 11.6 Å². The summed E-state index contributed by atoms with van der Waals surface area (Å²) in [6.07, 6.45) is 5.23. The number of halogens is 2. The van der Waals surface area contributed by atoms with Crippen molar-refractivity contribution >= 4 is 28.2 Å². The van der Waals surface area contributed by atoms with E-state index in [1.54, 1.807) is 35.1 Å². The minimum absolute atomic E-state index is 0.300. The molecular weight excluding hydrogens is 303 g/mol. The summed E-state index contributed by atoms with van der Waals surface area (Å²) >= 11 is 5.95. The smallest absolute Gasteiger partial charge is 0.173 e. The van der Waals surface area contributed by atoms with Crippen LogP contribution in [-0.2, 0) is 0 Å². The Morgan fingerprint density at radius 3 is 2.86 bits per heavy atom. The fourth-order valence-corrected chi connectivity index (χ4v) is 2.63. The zero-order valence-electron chi connectivity index (χ0n) is 11.6. The van der Waals surface area contributed by atoms with Crippen molar-refractivity contribution in [3.63, 3.8) is 0 Å². The Balaban J connectivity index is 1.92. The highest BCUT2D eigenvalue weighted by atomic mass is 35.5. The Bertz CT molecular complexity index is 1030. The Labute approximate surface area is 130 Å². The number of pyridine rings is 1. The molecule has 0 spiro atoms. The van der Waals surface area contributed by atoms with Gasteiger partial charge in [-0.1, -0.05) is 11.6 Å². The maximum atomic E-state index is 14.2. The number of imidazole rings is 1. The van der Waals surface area contributed by atoms with Gasteiger partial charge in [0.1, 0.15) is 0 Å². The summed E-state index contributed by atoms with van der Waals surface area (Å²) in [5.74, 6) is 0.0624. The molecule has 0 aliphatic carbocycles. The molecule has 4 rings (SSSR count). The third kappa shape index (κ3) is 2.10. The molecule has 22 heavy (non-hydrogen) atoms. The summed E-state index contributed by atoms with van der Waals surface area (Å²) in [6, 6.07) is 6.78. The van der Waals surface area contributed by atoms with E-state index in [1.165, 1.54) is 6.07 Å². The predicted molar refractivity (Wildman–Crippen MR) is 83.4 cm³/mol. The molecule has 0 radical (unpaired) electrons. The van der Waals surface area contributed by atoms with Crippen LogP contribution in [0.5, 0.6) is 0 Å². The van der Waals surface area contributed by atoms with Gasteiger partial charge in [-0.2, -0.15) is 0 Å². The van der Waals surface area contributed by atoms with E-state index in [2.05, 4.69) is 15.0 Å². The minimum atomic E-state index is -0.398. The van der Waals surface area contributed by atoms with Crippen molar-refractivity contribution in [2.75, 3.05) is 0 Å². The van der Waals surface area contributed by atoms with E-state index in [9.17, 15) is 4.39 Å². The van der Waals surface area contributed by atoms with Crippen molar-refractivity contribution in [2.45, 2.75) is 6.92 Å². The number of benzene rings is 1. The molecule has 0 saturated carbocycles. The van der Waals surface area contributed by atoms with Crippen molar-refractivity contribution < 1.29 is 4.39 Å². The van der Waals surface area contributed by atoms with Gasteiger partial charge in [0.05, 0.1) is 11.2 Å². The van der Waals surface area contributed by atoms with Crippen molar-refractivity contribution in [1.82, 2.24) is 19.4 Å². The molecule has 0 unspecified atom stereocenters. The van der Waals surface area contributed by atoms with Crippen LogP contribution >= 0.6 is 11.6 Å². The summed E-state index contributed by atoms with van der Waals surface area (Å²) in [5, 5.41) is 1.47. The molecule has 0 aliphatic rings. The third-order valence-corrected chi connectivity index (χ3v) is 3.66. The number of aryl methyl sites for hydroxylation is 1. The quantitative estimate of drug-likeness (QED) is 0.532. The largest absolute Gasteiger partial charge is 0.304 e. The van der Waals surface area contributed by atoms with Crippen molar-refractivity contribution in [3.8, 4) is 11.4 Å². The van der Waals surface area contributed by atoms with E-state index >= 15 is 0 Å². The van der Waals surface area contributed by atoms with Crippen LogP contribution in [0.3, 0.4) is 0 Å². The first-order valence-corrected chi connectivity index (χ1v) is 7.05. The first-order valence-electron chi connectivity index (χ1n) is 6.68. The van der Waals surface area contributed by atoms with Gasteiger partial charge in [0, 0.05) is 34.6 Å². The van der Waals surface area contributed by atoms with Gasteiger partial charge in [0.15, 0.2) is 17.3 Å². The van der Waals surface area contributed by atoms with Gasteiger partial charge in [-0.05, 0) is 31.2 Å². The van der Waals surface area contributed by atoms with Crippen LogP contribution in [0.2, 0.25) is 5.02 Å². The van der Waals surface area contributed by atoms with E-state index in [-0.39, 0.29) is 0 Å². The Kier molecular flexibility index (Phi) is 2.84. The van der Waals surface area contributed by atoms with E-state index in [0.717, 1.165) is 16.6 Å². The highest BCUT2D eigenvalue weighted by Gasteiger charge is 2.10. The molecular formula is C16H10ClFN4. The fourth-order valence-electron chi connectivity index (χ4n) is 2.45. The molecule has 4 nitrogen and oxygen atoms in total. The van der Waals surface area contributed by atoms with E-state index in [0.29, 0.717) is 22.1 Å². The summed E-state index contributed by atoms with van der Waals surface area (Å²) in [5.41, 5.74) is 2.41. The SMILES string of the molecule is Cc1cn2cc(-c3ncc4cc(Cl)ccc4n3)cc(F)c2n1. The van der Waals surface area contributed by atoms with Crippen LogP contribution in [0.4, 0.5) is 4.39 Å². The van der Waals surface area contributed by atoms with Gasteiger partial charge in [-0.15, -0.1) is 0 Å². The van der Waals surface area contributed by atoms with Crippen molar-refractivity contribution in [2.24, 2.45) is 0 Å². The maximum absolute atomic E-state index is 14.2. The number of nitrogens with zero attached hydrogens (tertiary/aromatic N) is 4. The average molecular weight is 313 g/mol. The van der Waals surface area contributed by atoms with Crippen LogP contribution in [0.1, 0.15) is 5.69 Å². The van der Waals surface area contributed by atoms with Crippen LogP contribution in [0.25, 0.3) is 27.9 Å². The highest BCUT2D eigenvalue weighted by molar-refractivity contribution is 6.31. The molecule has 0 aliphatic heterocycles. The summed E-state index contributed by atoms with van der Waals surface area (Å²) in [6.45, 7) is 1.82. The topological polar surface area (TPSA) is 43.1 Å². The van der Waals surface area contributed by atoms with Crippen molar-refractivity contribution in [1.29, 1.82) is 0 Å². The molecule has 0 atom stereocenters. The Morgan fingerprint density at radius 2 is 2.00 bits per heavy atom. The van der Waals surface area contributed by atoms with Gasteiger partial charge >= 0.3 is 0 Å². The normalized spacial score (nSPS) is 11.4. The van der Waals surface area contributed by atoms with Crippen LogP contribution < -0.4 is 0 Å². The van der Waals surface area contributed by atoms with Gasteiger partial charge in [-0.3, -0.25) is 0 Å². The lowest BCUT2D eigenvalue weighted by atomic mass is 10.2. The van der Waals surface area contributed by atoms with Gasteiger partial charge in [0.25, 0.3) is 0 Å². The number of hydrogen-bond acceptors (Lipinski definition) is 3. The molecule has 3 aromatic heterocycles. The molecule has 0 amide bonds. The van der Waals surface area contributed by atoms with Crippen LogP contribution in [-0.4, -0.2) is 19.4 Å². The van der Waals surface area contributed by atoms with Gasteiger partial charge < -0.3 is 4.40 Å². The maximum Gasteiger partial charge on any atom is 0.173 e. The van der Waals surface area contributed by atoms with E-state index < -0.39 is 5.82 Å². The second kappa shape index (κ2) is 4.74. The summed E-state index contributed by atoms with van der Waals surface area (Å²) < 4.78 is 15.8. The highest BCUT2D eigenvalue weighted by Crippen LogP contribution is 2.23. The molecule has 108 valence electrons. The second-order valence-corrected chi connectivity index (χ2v) is 5.52. The van der Waals surface area contributed by atoms with Crippen LogP contribution in [0, 0.1) is 12.7 Å². The zero-order valence-corrected chi connectivity index (χ0v) is 12.3. The fraction of sp³-hybridized carbons (Fsp3) is 0.0625. The average Bonchev–Trinajstić information content (AvgIpc) is 2.87. The Morgan fingerprint density at radius 1 is 1.14 bits per heavy atom. The summed E-state index contributed by atoms with van der Waals surface area (Å²) in [4.78, 5) is 12.9. The van der Waals surface area contributed by atoms with Gasteiger partial charge in [-0.25, -0.2) is 19.3 Å². The second-order valence-electron chi connectivity index (χ2n) is 5.09. The van der Waals surface area contributed by atoms with E-state index in [1.807, 2.05) is 13.0 Å². The van der Waals surface area contributed by atoms with Crippen LogP contribution in [0.15, 0.2) is 42.9 Å². The molecule has 0 N–H and O–H groups in total. The molecule has 1 aromatic carbocycles. The minimum Gasteiger partial charge on any atom is -0.304 e. The summed E-state index contributed by atoms with van der Waals surface area (Å²) in [7, 11) is 0. The molecule has 3 heterocycles. The van der Waals surface area contributed by atoms with Gasteiger partial charge in [0.2, 0.25) is 0 Å². The lowest BCUT2D eigenvalue weighted by Crippen LogP contribution is -1.95. The Hall–Kier alpha value is -2.53. The number of fused-ring (bicyclic) bond motifs is 2. The number of hydrogen-bond donors (Lipinski definition) is 0. The third-order valence-electron chi connectivity index (χ3n) is 3.43. The molecule has 0 fully saturated rings. The lowest BCUT2D eigenvalue weighted by molar-refractivity contribution is 0.630. The standard InChI is InChI=1S/C16H10ClFN4/c1-9-7-22-8-11(5-13(18)16(22)20-9)15-19-6-10-4-12(17)2-3-14(10)21-15/h2-8H,1H3. The lowest BCUT2D eigenvalue weighted by Gasteiger charge is -2.04. The molecule has 0 bridgehead atoms. The first kappa shape index (κ1) is 13.2. The van der Waals surface area contributed by atoms with Crippen molar-refractivity contribution in [3.05, 3.63) is 59.4 Å².